The largest absolute Gasteiger partial charge is 0.490 e. The summed E-state index contributed by atoms with van der Waals surface area (Å²) in [6.45, 7) is 6.35. The summed E-state index contributed by atoms with van der Waals surface area (Å²) in [5, 5.41) is 0. The van der Waals surface area contributed by atoms with Gasteiger partial charge in [-0.05, 0) is 45.3 Å². The molecule has 1 fully saturated rings. The minimum Gasteiger partial charge on any atom is -0.490 e. The van der Waals surface area contributed by atoms with Crippen LogP contribution in [0, 0.1) is 0 Å². The average Bonchev–Trinajstić information content (AvgIpc) is 2.74. The van der Waals surface area contributed by atoms with Gasteiger partial charge in [0.1, 0.15) is 5.75 Å². The number of nitrogens with zero attached hydrogens (tertiary/aromatic N) is 1. The first kappa shape index (κ1) is 15.3. The molecule has 1 aromatic rings. The zero-order valence-corrected chi connectivity index (χ0v) is 12.7. The molecule has 2 N–H and O–H groups in total. The van der Waals surface area contributed by atoms with Crippen LogP contribution in [0.25, 0.3) is 0 Å². The SMILES string of the molecule is CC(CCN1CCCCCC1)Oc1ccccc1CN. The summed E-state index contributed by atoms with van der Waals surface area (Å²) < 4.78 is 6.05. The number of ether oxygens (including phenoxy) is 1. The zero-order chi connectivity index (χ0) is 14.2. The fraction of sp³-hybridized carbons (Fsp3) is 0.647. The Morgan fingerprint density at radius 2 is 1.85 bits per heavy atom. The Morgan fingerprint density at radius 3 is 2.55 bits per heavy atom. The highest BCUT2D eigenvalue weighted by molar-refractivity contribution is 5.33. The van der Waals surface area contributed by atoms with E-state index in [-0.39, 0.29) is 6.10 Å². The lowest BCUT2D eigenvalue weighted by molar-refractivity contribution is 0.176. The second-order valence-electron chi connectivity index (χ2n) is 5.78. The van der Waals surface area contributed by atoms with Crippen LogP contribution >= 0.6 is 0 Å². The van der Waals surface area contributed by atoms with Crippen LogP contribution in [-0.4, -0.2) is 30.6 Å². The predicted molar refractivity (Wildman–Crippen MR) is 83.9 cm³/mol. The van der Waals surface area contributed by atoms with Crippen LogP contribution in [0.5, 0.6) is 5.75 Å². The van der Waals surface area contributed by atoms with Crippen molar-refractivity contribution < 1.29 is 4.74 Å². The van der Waals surface area contributed by atoms with Gasteiger partial charge in [0.15, 0.2) is 0 Å². The molecule has 0 aromatic heterocycles. The molecule has 1 aliphatic rings. The van der Waals surface area contributed by atoms with E-state index >= 15 is 0 Å². The van der Waals surface area contributed by atoms with E-state index in [0.717, 1.165) is 24.3 Å². The van der Waals surface area contributed by atoms with Gasteiger partial charge >= 0.3 is 0 Å². The molecule has 2 rings (SSSR count). The molecule has 0 bridgehead atoms. The number of para-hydroxylation sites is 1. The summed E-state index contributed by atoms with van der Waals surface area (Å²) in [6, 6.07) is 8.08. The zero-order valence-electron chi connectivity index (χ0n) is 12.7. The van der Waals surface area contributed by atoms with E-state index in [1.165, 1.54) is 38.8 Å². The van der Waals surface area contributed by atoms with Crippen LogP contribution in [0.1, 0.15) is 44.6 Å². The molecule has 20 heavy (non-hydrogen) atoms. The Morgan fingerprint density at radius 1 is 1.15 bits per heavy atom. The standard InChI is InChI=1S/C17H28N2O/c1-15(10-13-19-11-6-2-3-7-12-19)20-17-9-5-4-8-16(17)14-18/h4-5,8-9,15H,2-3,6-7,10-14,18H2,1H3. The molecular weight excluding hydrogens is 248 g/mol. The maximum atomic E-state index is 6.05. The Hall–Kier alpha value is -1.06. The minimum atomic E-state index is 0.242. The number of benzene rings is 1. The van der Waals surface area contributed by atoms with E-state index in [1.54, 1.807) is 0 Å². The van der Waals surface area contributed by atoms with Gasteiger partial charge in [0.25, 0.3) is 0 Å². The maximum Gasteiger partial charge on any atom is 0.124 e. The van der Waals surface area contributed by atoms with Gasteiger partial charge in [-0.3, -0.25) is 0 Å². The van der Waals surface area contributed by atoms with Crippen LogP contribution in [0.4, 0.5) is 0 Å². The van der Waals surface area contributed by atoms with Crippen molar-refractivity contribution in [3.8, 4) is 5.75 Å². The molecule has 1 aromatic carbocycles. The number of rotatable bonds is 6. The summed E-state index contributed by atoms with van der Waals surface area (Å²) in [6.07, 6.45) is 6.82. The molecule has 112 valence electrons. The highest BCUT2D eigenvalue weighted by atomic mass is 16.5. The van der Waals surface area contributed by atoms with Crippen molar-refractivity contribution >= 4 is 0 Å². The Balaban J connectivity index is 1.78. The lowest BCUT2D eigenvalue weighted by Crippen LogP contribution is -2.29. The molecule has 1 aliphatic heterocycles. The highest BCUT2D eigenvalue weighted by Crippen LogP contribution is 2.20. The highest BCUT2D eigenvalue weighted by Gasteiger charge is 2.12. The fourth-order valence-electron chi connectivity index (χ4n) is 2.79. The summed E-state index contributed by atoms with van der Waals surface area (Å²) in [7, 11) is 0. The van der Waals surface area contributed by atoms with Gasteiger partial charge in [-0.2, -0.15) is 0 Å². The fourth-order valence-corrected chi connectivity index (χ4v) is 2.79. The number of likely N-dealkylation sites (tertiary alicyclic amines) is 1. The topological polar surface area (TPSA) is 38.5 Å². The van der Waals surface area contributed by atoms with E-state index in [4.69, 9.17) is 10.5 Å². The van der Waals surface area contributed by atoms with E-state index in [2.05, 4.69) is 11.8 Å². The molecule has 0 spiro atoms. The molecule has 3 heteroatoms. The minimum absolute atomic E-state index is 0.242. The first-order valence-corrected chi connectivity index (χ1v) is 7.96. The third-order valence-corrected chi connectivity index (χ3v) is 4.07. The van der Waals surface area contributed by atoms with Gasteiger partial charge in [-0.25, -0.2) is 0 Å². The lowest BCUT2D eigenvalue weighted by Gasteiger charge is -2.23. The van der Waals surface area contributed by atoms with Gasteiger partial charge in [0.2, 0.25) is 0 Å². The van der Waals surface area contributed by atoms with E-state index in [1.807, 2.05) is 24.3 Å². The van der Waals surface area contributed by atoms with Crippen LogP contribution in [0.2, 0.25) is 0 Å². The Bertz CT molecular complexity index is 386. The van der Waals surface area contributed by atoms with Crippen molar-refractivity contribution in [2.24, 2.45) is 5.73 Å². The third-order valence-electron chi connectivity index (χ3n) is 4.07. The summed E-state index contributed by atoms with van der Waals surface area (Å²) in [4.78, 5) is 2.59. The summed E-state index contributed by atoms with van der Waals surface area (Å²) in [5.74, 6) is 0.943. The molecule has 1 saturated heterocycles. The second kappa shape index (κ2) is 8.28. The molecule has 1 unspecified atom stereocenters. The van der Waals surface area contributed by atoms with E-state index in [0.29, 0.717) is 6.54 Å². The Kier molecular flexibility index (Phi) is 6.34. The predicted octanol–water partition coefficient (Wildman–Crippen LogP) is 3.18. The van der Waals surface area contributed by atoms with Crippen LogP contribution in [0.3, 0.4) is 0 Å². The van der Waals surface area contributed by atoms with Crippen molar-refractivity contribution in [1.82, 2.24) is 4.90 Å². The molecule has 0 amide bonds. The van der Waals surface area contributed by atoms with Gasteiger partial charge in [-0.1, -0.05) is 31.0 Å². The lowest BCUT2D eigenvalue weighted by atomic mass is 10.2. The first-order valence-electron chi connectivity index (χ1n) is 7.96. The van der Waals surface area contributed by atoms with E-state index < -0.39 is 0 Å². The van der Waals surface area contributed by atoms with Gasteiger partial charge in [0.05, 0.1) is 6.10 Å². The molecule has 0 aliphatic carbocycles. The van der Waals surface area contributed by atoms with Gasteiger partial charge in [0, 0.05) is 18.7 Å². The normalized spacial score (nSPS) is 18.5. The van der Waals surface area contributed by atoms with Crippen molar-refractivity contribution in [2.75, 3.05) is 19.6 Å². The van der Waals surface area contributed by atoms with Crippen molar-refractivity contribution in [2.45, 2.75) is 51.7 Å². The molecule has 0 saturated carbocycles. The molecule has 3 nitrogen and oxygen atoms in total. The summed E-state index contributed by atoms with van der Waals surface area (Å²) in [5.41, 5.74) is 6.84. The summed E-state index contributed by atoms with van der Waals surface area (Å²) >= 11 is 0. The first-order chi connectivity index (χ1) is 9.79. The molecule has 1 atom stereocenters. The van der Waals surface area contributed by atoms with Crippen LogP contribution < -0.4 is 10.5 Å². The quantitative estimate of drug-likeness (QED) is 0.867. The average molecular weight is 276 g/mol. The Labute approximate surface area is 123 Å². The van der Waals surface area contributed by atoms with Gasteiger partial charge in [-0.15, -0.1) is 0 Å². The molecular formula is C17H28N2O. The maximum absolute atomic E-state index is 6.05. The number of hydrogen-bond acceptors (Lipinski definition) is 3. The third kappa shape index (κ3) is 4.80. The smallest absolute Gasteiger partial charge is 0.124 e. The van der Waals surface area contributed by atoms with Crippen molar-refractivity contribution in [1.29, 1.82) is 0 Å². The number of hydrogen-bond donors (Lipinski definition) is 1. The van der Waals surface area contributed by atoms with Crippen molar-refractivity contribution in [3.63, 3.8) is 0 Å². The number of nitrogens with two attached hydrogens (primary N) is 1. The molecule has 1 heterocycles. The van der Waals surface area contributed by atoms with Crippen molar-refractivity contribution in [3.05, 3.63) is 29.8 Å². The monoisotopic (exact) mass is 276 g/mol. The van der Waals surface area contributed by atoms with Gasteiger partial charge < -0.3 is 15.4 Å². The van der Waals surface area contributed by atoms with Crippen LogP contribution in [0.15, 0.2) is 24.3 Å². The van der Waals surface area contributed by atoms with E-state index in [9.17, 15) is 0 Å². The second-order valence-corrected chi connectivity index (χ2v) is 5.78. The molecule has 0 radical (unpaired) electrons. The van der Waals surface area contributed by atoms with Crippen LogP contribution in [-0.2, 0) is 6.54 Å².